The highest BCUT2D eigenvalue weighted by Crippen LogP contribution is 2.29. The van der Waals surface area contributed by atoms with E-state index in [9.17, 15) is 4.39 Å². The van der Waals surface area contributed by atoms with Gasteiger partial charge in [0.25, 0.3) is 0 Å². The summed E-state index contributed by atoms with van der Waals surface area (Å²) in [7, 11) is 1.73. The Morgan fingerprint density at radius 3 is 2.86 bits per heavy atom. The molecular weight excluding hydrogens is 269 g/mol. The number of rotatable bonds is 7. The van der Waals surface area contributed by atoms with E-state index >= 15 is 0 Å². The molecular formula is C17H26FNO2. The van der Waals surface area contributed by atoms with Gasteiger partial charge in [-0.05, 0) is 38.3 Å². The molecule has 1 aromatic carbocycles. The first kappa shape index (κ1) is 16.2. The van der Waals surface area contributed by atoms with Crippen molar-refractivity contribution < 1.29 is 13.9 Å². The van der Waals surface area contributed by atoms with E-state index in [0.29, 0.717) is 12.3 Å². The Kier molecular flexibility index (Phi) is 6.46. The van der Waals surface area contributed by atoms with Crippen molar-refractivity contribution in [2.24, 2.45) is 0 Å². The minimum atomic E-state index is -0.273. The van der Waals surface area contributed by atoms with Gasteiger partial charge in [-0.1, -0.05) is 19.1 Å². The van der Waals surface area contributed by atoms with Crippen LogP contribution in [-0.2, 0) is 11.3 Å². The van der Waals surface area contributed by atoms with Gasteiger partial charge >= 0.3 is 0 Å². The third kappa shape index (κ3) is 4.68. The Bertz CT molecular complexity index is 439. The van der Waals surface area contributed by atoms with Crippen LogP contribution in [0, 0.1) is 5.82 Å². The number of ether oxygens (including phenoxy) is 2. The summed E-state index contributed by atoms with van der Waals surface area (Å²) in [5.41, 5.74) is 0.892. The Morgan fingerprint density at radius 1 is 1.29 bits per heavy atom. The van der Waals surface area contributed by atoms with Crippen molar-refractivity contribution in [3.05, 3.63) is 29.6 Å². The molecule has 0 heterocycles. The highest BCUT2D eigenvalue weighted by molar-refractivity contribution is 5.35. The Balaban J connectivity index is 2.03. The molecule has 0 spiro atoms. The van der Waals surface area contributed by atoms with Crippen molar-refractivity contribution in [3.63, 3.8) is 0 Å². The zero-order valence-electron chi connectivity index (χ0n) is 13.0. The smallest absolute Gasteiger partial charge is 0.165 e. The van der Waals surface area contributed by atoms with Crippen LogP contribution in [0.3, 0.4) is 0 Å². The summed E-state index contributed by atoms with van der Waals surface area (Å²) in [4.78, 5) is 0. The van der Waals surface area contributed by atoms with Gasteiger partial charge in [0, 0.05) is 25.6 Å². The summed E-state index contributed by atoms with van der Waals surface area (Å²) in [6, 6.07) is 5.14. The number of hydrogen-bond donors (Lipinski definition) is 1. The first-order chi connectivity index (χ1) is 10.2. The lowest BCUT2D eigenvalue weighted by molar-refractivity contribution is 0.0194. The first-order valence-electron chi connectivity index (χ1n) is 7.92. The second kappa shape index (κ2) is 8.35. The second-order valence-electron chi connectivity index (χ2n) is 5.67. The summed E-state index contributed by atoms with van der Waals surface area (Å²) in [6.07, 6.45) is 5.29. The number of hydrogen-bond acceptors (Lipinski definition) is 3. The molecule has 0 amide bonds. The van der Waals surface area contributed by atoms with Crippen LogP contribution in [0.15, 0.2) is 18.2 Å². The van der Waals surface area contributed by atoms with Crippen LogP contribution in [0.5, 0.6) is 5.75 Å². The second-order valence-corrected chi connectivity index (χ2v) is 5.67. The fraction of sp³-hybridized carbons (Fsp3) is 0.647. The molecule has 1 aromatic rings. The molecule has 0 bridgehead atoms. The standard InChI is InChI=1S/C17H26FNO2/c1-3-10-19-12-13-6-4-9-16(18)17(13)21-15-8-5-7-14(11-15)20-2/h4,6,9,14-15,19H,3,5,7-8,10-12H2,1-2H3. The van der Waals surface area contributed by atoms with Crippen molar-refractivity contribution in [1.29, 1.82) is 0 Å². The van der Waals surface area contributed by atoms with Gasteiger partial charge in [0.1, 0.15) is 6.10 Å². The van der Waals surface area contributed by atoms with Gasteiger partial charge < -0.3 is 14.8 Å². The lowest BCUT2D eigenvalue weighted by Gasteiger charge is -2.29. The molecule has 4 heteroatoms. The summed E-state index contributed by atoms with van der Waals surface area (Å²) in [5, 5.41) is 3.30. The average Bonchev–Trinajstić information content (AvgIpc) is 2.51. The molecule has 0 radical (unpaired) electrons. The van der Waals surface area contributed by atoms with Crippen molar-refractivity contribution in [2.75, 3.05) is 13.7 Å². The zero-order chi connectivity index (χ0) is 15.1. The van der Waals surface area contributed by atoms with Crippen LogP contribution in [0.4, 0.5) is 4.39 Å². The van der Waals surface area contributed by atoms with Crippen LogP contribution in [0.1, 0.15) is 44.6 Å². The molecule has 2 atom stereocenters. The van der Waals surface area contributed by atoms with Crippen molar-refractivity contribution in [2.45, 2.75) is 57.8 Å². The summed E-state index contributed by atoms with van der Waals surface area (Å²) in [6.45, 7) is 3.68. The molecule has 1 aliphatic rings. The quantitative estimate of drug-likeness (QED) is 0.779. The monoisotopic (exact) mass is 295 g/mol. The Morgan fingerprint density at radius 2 is 2.10 bits per heavy atom. The molecule has 0 aromatic heterocycles. The zero-order valence-corrected chi connectivity index (χ0v) is 13.0. The van der Waals surface area contributed by atoms with E-state index in [0.717, 1.165) is 44.2 Å². The molecule has 1 N–H and O–H groups in total. The van der Waals surface area contributed by atoms with Crippen LogP contribution < -0.4 is 10.1 Å². The Hall–Kier alpha value is -1.13. The molecule has 3 nitrogen and oxygen atoms in total. The van der Waals surface area contributed by atoms with E-state index in [2.05, 4.69) is 12.2 Å². The maximum Gasteiger partial charge on any atom is 0.165 e. The molecule has 0 saturated heterocycles. The number of benzene rings is 1. The highest BCUT2D eigenvalue weighted by Gasteiger charge is 2.24. The molecule has 1 saturated carbocycles. The first-order valence-corrected chi connectivity index (χ1v) is 7.92. The molecule has 0 aliphatic heterocycles. The minimum Gasteiger partial charge on any atom is -0.487 e. The largest absolute Gasteiger partial charge is 0.487 e. The van der Waals surface area contributed by atoms with Crippen molar-refractivity contribution >= 4 is 0 Å². The highest BCUT2D eigenvalue weighted by atomic mass is 19.1. The van der Waals surface area contributed by atoms with Gasteiger partial charge in [0.05, 0.1) is 6.10 Å². The molecule has 2 unspecified atom stereocenters. The van der Waals surface area contributed by atoms with Gasteiger partial charge in [-0.3, -0.25) is 0 Å². The molecule has 1 aliphatic carbocycles. The van der Waals surface area contributed by atoms with Gasteiger partial charge in [0.2, 0.25) is 0 Å². The molecule has 1 fully saturated rings. The predicted octanol–water partition coefficient (Wildman–Crippen LogP) is 3.66. The van der Waals surface area contributed by atoms with Crippen LogP contribution in [0.25, 0.3) is 0 Å². The lowest BCUT2D eigenvalue weighted by atomic mass is 9.95. The third-order valence-electron chi connectivity index (χ3n) is 3.99. The van der Waals surface area contributed by atoms with Crippen LogP contribution in [-0.4, -0.2) is 25.9 Å². The van der Waals surface area contributed by atoms with E-state index in [1.807, 2.05) is 6.07 Å². The van der Waals surface area contributed by atoms with E-state index in [-0.39, 0.29) is 18.0 Å². The van der Waals surface area contributed by atoms with E-state index in [4.69, 9.17) is 9.47 Å². The summed E-state index contributed by atoms with van der Waals surface area (Å²) >= 11 is 0. The molecule has 118 valence electrons. The number of methoxy groups -OCH3 is 1. The summed E-state index contributed by atoms with van der Waals surface area (Å²) < 4.78 is 25.5. The van der Waals surface area contributed by atoms with Gasteiger partial charge in [0.15, 0.2) is 11.6 Å². The lowest BCUT2D eigenvalue weighted by Crippen LogP contribution is -2.30. The number of para-hydroxylation sites is 1. The maximum absolute atomic E-state index is 14.1. The number of halogens is 1. The minimum absolute atomic E-state index is 0.0468. The topological polar surface area (TPSA) is 30.5 Å². The van der Waals surface area contributed by atoms with Gasteiger partial charge in [-0.2, -0.15) is 0 Å². The Labute approximate surface area is 126 Å². The van der Waals surface area contributed by atoms with E-state index in [1.54, 1.807) is 13.2 Å². The molecule has 2 rings (SSSR count). The fourth-order valence-electron chi connectivity index (χ4n) is 2.81. The fourth-order valence-corrected chi connectivity index (χ4v) is 2.81. The maximum atomic E-state index is 14.1. The van der Waals surface area contributed by atoms with Crippen molar-refractivity contribution in [3.8, 4) is 5.75 Å². The number of nitrogens with one attached hydrogen (secondary N) is 1. The van der Waals surface area contributed by atoms with Crippen LogP contribution in [0.2, 0.25) is 0 Å². The summed E-state index contributed by atoms with van der Waals surface area (Å²) in [5.74, 6) is 0.133. The van der Waals surface area contributed by atoms with E-state index < -0.39 is 0 Å². The van der Waals surface area contributed by atoms with Gasteiger partial charge in [-0.25, -0.2) is 4.39 Å². The van der Waals surface area contributed by atoms with Crippen molar-refractivity contribution in [1.82, 2.24) is 5.32 Å². The SMILES string of the molecule is CCCNCc1cccc(F)c1OC1CCCC(OC)C1. The van der Waals surface area contributed by atoms with Crippen LogP contribution >= 0.6 is 0 Å². The van der Waals surface area contributed by atoms with Gasteiger partial charge in [-0.15, -0.1) is 0 Å². The molecule has 21 heavy (non-hydrogen) atoms. The average molecular weight is 295 g/mol. The normalized spacial score (nSPS) is 22.2. The third-order valence-corrected chi connectivity index (χ3v) is 3.99. The van der Waals surface area contributed by atoms with E-state index in [1.165, 1.54) is 6.07 Å². The predicted molar refractivity (Wildman–Crippen MR) is 82.1 cm³/mol.